The Morgan fingerprint density at radius 2 is 1.54 bits per heavy atom. The molecular weight excluding hydrogens is 560 g/mol. The van der Waals surface area contributed by atoms with E-state index in [1.165, 1.54) is 54.5 Å². The smallest absolute Gasteiger partial charge is 0.0841 e. The largest absolute Gasteiger partial charge is 0.352 e. The summed E-state index contributed by atoms with van der Waals surface area (Å²) in [6.07, 6.45) is 7.57. The zero-order chi connectivity index (χ0) is 24.2. The number of nitrogens with one attached hydrogen (secondary N) is 1. The summed E-state index contributed by atoms with van der Waals surface area (Å²) in [4.78, 5) is 2.42. The lowest BCUT2D eigenvalue weighted by Crippen LogP contribution is -2.19. The molecule has 35 heavy (non-hydrogen) atoms. The van der Waals surface area contributed by atoms with Gasteiger partial charge in [0.2, 0.25) is 0 Å². The normalized spacial score (nSPS) is 12.1. The lowest BCUT2D eigenvalue weighted by atomic mass is 9.96. The molecule has 4 aromatic rings. The third-order valence-electron chi connectivity index (χ3n) is 6.64. The number of fused-ring (bicyclic) bond motifs is 2. The summed E-state index contributed by atoms with van der Waals surface area (Å²) >= 11 is 7.52. The maximum absolute atomic E-state index is 3.86. The number of hydrogen-bond donors (Lipinski definition) is 1. The fourth-order valence-electron chi connectivity index (χ4n) is 4.87. The first-order valence-electron chi connectivity index (χ1n) is 12.5. The second-order valence-electron chi connectivity index (χ2n) is 9.14. The molecule has 0 unspecified atom stereocenters. The van der Waals surface area contributed by atoms with Gasteiger partial charge < -0.3 is 10.2 Å². The fourth-order valence-corrected chi connectivity index (χ4v) is 5.78. The van der Waals surface area contributed by atoms with Crippen LogP contribution < -0.4 is 10.2 Å². The van der Waals surface area contributed by atoms with E-state index in [2.05, 4.69) is 134 Å². The highest BCUT2D eigenvalue weighted by Crippen LogP contribution is 2.53. The second-order valence-corrected chi connectivity index (χ2v) is 10.9. The Morgan fingerprint density at radius 1 is 0.714 bits per heavy atom. The van der Waals surface area contributed by atoms with Crippen molar-refractivity contribution in [2.75, 3.05) is 10.2 Å². The average molecular weight is 590 g/mol. The number of hydrogen-bond acceptors (Lipinski definition) is 2. The molecule has 2 nitrogen and oxygen atoms in total. The second kappa shape index (κ2) is 11.0. The van der Waals surface area contributed by atoms with E-state index in [4.69, 9.17) is 0 Å². The molecule has 1 aliphatic rings. The first kappa shape index (κ1) is 24.1. The van der Waals surface area contributed by atoms with Gasteiger partial charge in [0.05, 0.1) is 28.4 Å². The van der Waals surface area contributed by atoms with Gasteiger partial charge in [0.25, 0.3) is 0 Å². The van der Waals surface area contributed by atoms with Gasteiger partial charge in [0, 0.05) is 14.5 Å². The molecule has 4 heteroatoms. The van der Waals surface area contributed by atoms with Crippen LogP contribution >= 0.6 is 31.9 Å². The number of aryl methyl sites for hydroxylation is 1. The predicted octanol–water partition coefficient (Wildman–Crippen LogP) is 10.9. The summed E-state index contributed by atoms with van der Waals surface area (Å²) < 4.78 is 2.13. The number of unbranched alkanes of at least 4 members (excludes halogenated alkanes) is 4. The van der Waals surface area contributed by atoms with Crippen LogP contribution in [0.15, 0.2) is 93.9 Å². The standard InChI is InChI=1S/C31H30Br2N2/c1-2-3-4-5-7-11-22-16-18-25(23-12-8-6-9-13-23)30(20-22)35-29-19-17-24(32)21-28(29)34-27-15-10-14-26(33)31(27)35/h6,8-10,12-21,34H,2-5,7,11H2,1H3. The van der Waals surface area contributed by atoms with E-state index in [0.717, 1.165) is 38.1 Å². The van der Waals surface area contributed by atoms with Crippen molar-refractivity contribution in [3.63, 3.8) is 0 Å². The Hall–Kier alpha value is -2.56. The summed E-state index contributed by atoms with van der Waals surface area (Å²) in [6.45, 7) is 2.27. The molecule has 1 heterocycles. The van der Waals surface area contributed by atoms with E-state index in [9.17, 15) is 0 Å². The molecular formula is C31H30Br2N2. The van der Waals surface area contributed by atoms with Crippen molar-refractivity contribution in [1.82, 2.24) is 0 Å². The maximum atomic E-state index is 3.86. The summed E-state index contributed by atoms with van der Waals surface area (Å²) in [5.74, 6) is 0. The Bertz CT molecular complexity index is 1320. The molecule has 0 atom stereocenters. The molecule has 5 rings (SSSR count). The van der Waals surface area contributed by atoms with Gasteiger partial charge in [0.15, 0.2) is 0 Å². The molecule has 1 aliphatic heterocycles. The van der Waals surface area contributed by atoms with E-state index in [-0.39, 0.29) is 0 Å². The molecule has 0 saturated heterocycles. The molecule has 0 fully saturated rings. The Balaban J connectivity index is 1.65. The molecule has 4 aromatic carbocycles. The number of nitrogens with zero attached hydrogens (tertiary/aromatic N) is 1. The predicted molar refractivity (Wildman–Crippen MR) is 158 cm³/mol. The molecule has 0 spiro atoms. The Morgan fingerprint density at radius 3 is 2.37 bits per heavy atom. The number of halogens is 2. The number of benzene rings is 4. The van der Waals surface area contributed by atoms with E-state index in [1.54, 1.807) is 0 Å². The summed E-state index contributed by atoms with van der Waals surface area (Å²) in [6, 6.07) is 30.6. The van der Waals surface area contributed by atoms with E-state index >= 15 is 0 Å². The van der Waals surface area contributed by atoms with Crippen LogP contribution in [0.4, 0.5) is 28.4 Å². The van der Waals surface area contributed by atoms with Gasteiger partial charge in [-0.1, -0.05) is 97.1 Å². The Labute approximate surface area is 225 Å². The van der Waals surface area contributed by atoms with Crippen LogP contribution in [0.5, 0.6) is 0 Å². The van der Waals surface area contributed by atoms with Crippen molar-refractivity contribution in [1.29, 1.82) is 0 Å². The molecule has 178 valence electrons. The minimum Gasteiger partial charge on any atom is -0.352 e. The van der Waals surface area contributed by atoms with Crippen molar-refractivity contribution in [2.45, 2.75) is 45.4 Å². The van der Waals surface area contributed by atoms with Gasteiger partial charge in [-0.05, 0) is 76.3 Å². The quantitative estimate of drug-likeness (QED) is 0.181. The summed E-state index contributed by atoms with van der Waals surface area (Å²) in [5, 5.41) is 3.65. The molecule has 0 saturated carbocycles. The van der Waals surface area contributed by atoms with Gasteiger partial charge >= 0.3 is 0 Å². The number of rotatable bonds is 8. The topological polar surface area (TPSA) is 15.3 Å². The van der Waals surface area contributed by atoms with Crippen LogP contribution in [0.25, 0.3) is 11.1 Å². The van der Waals surface area contributed by atoms with Crippen molar-refractivity contribution in [2.24, 2.45) is 0 Å². The fraction of sp³-hybridized carbons (Fsp3) is 0.226. The minimum absolute atomic E-state index is 1.06. The van der Waals surface area contributed by atoms with Crippen LogP contribution in [-0.2, 0) is 6.42 Å². The van der Waals surface area contributed by atoms with Crippen molar-refractivity contribution < 1.29 is 0 Å². The molecule has 0 aliphatic carbocycles. The number of anilines is 5. The lowest BCUT2D eigenvalue weighted by molar-refractivity contribution is 0.632. The first-order chi connectivity index (χ1) is 17.2. The minimum atomic E-state index is 1.06. The highest BCUT2D eigenvalue weighted by atomic mass is 79.9. The van der Waals surface area contributed by atoms with Gasteiger partial charge in [-0.2, -0.15) is 0 Å². The number of para-hydroxylation sites is 1. The lowest BCUT2D eigenvalue weighted by Gasteiger charge is -2.36. The van der Waals surface area contributed by atoms with Crippen molar-refractivity contribution >= 4 is 60.3 Å². The van der Waals surface area contributed by atoms with Crippen LogP contribution in [-0.4, -0.2) is 0 Å². The molecule has 0 radical (unpaired) electrons. The average Bonchev–Trinajstić information content (AvgIpc) is 2.88. The maximum Gasteiger partial charge on any atom is 0.0841 e. The highest BCUT2D eigenvalue weighted by molar-refractivity contribution is 9.10. The molecule has 0 aromatic heterocycles. The summed E-state index contributed by atoms with van der Waals surface area (Å²) in [7, 11) is 0. The van der Waals surface area contributed by atoms with Crippen LogP contribution in [0.3, 0.4) is 0 Å². The van der Waals surface area contributed by atoms with Crippen LogP contribution in [0, 0.1) is 0 Å². The monoisotopic (exact) mass is 588 g/mol. The summed E-state index contributed by atoms with van der Waals surface area (Å²) in [5.41, 5.74) is 9.52. The SMILES string of the molecule is CCCCCCCc1ccc(-c2ccccc2)c(N2c3ccc(Br)cc3Nc3cccc(Br)c32)c1. The van der Waals surface area contributed by atoms with Crippen molar-refractivity contribution in [3.8, 4) is 11.1 Å². The van der Waals surface area contributed by atoms with E-state index in [1.807, 2.05) is 0 Å². The highest BCUT2D eigenvalue weighted by Gasteiger charge is 2.28. The molecule has 0 bridgehead atoms. The Kier molecular flexibility index (Phi) is 7.60. The van der Waals surface area contributed by atoms with Gasteiger partial charge in [-0.3, -0.25) is 0 Å². The van der Waals surface area contributed by atoms with Crippen LogP contribution in [0.2, 0.25) is 0 Å². The van der Waals surface area contributed by atoms with Gasteiger partial charge in [0.1, 0.15) is 0 Å². The zero-order valence-electron chi connectivity index (χ0n) is 20.0. The third kappa shape index (κ3) is 5.19. The molecule has 1 N–H and O–H groups in total. The van der Waals surface area contributed by atoms with Gasteiger partial charge in [-0.25, -0.2) is 0 Å². The van der Waals surface area contributed by atoms with E-state index in [0.29, 0.717) is 0 Å². The molecule has 0 amide bonds. The van der Waals surface area contributed by atoms with Gasteiger partial charge in [-0.15, -0.1) is 0 Å². The zero-order valence-corrected chi connectivity index (χ0v) is 23.2. The van der Waals surface area contributed by atoms with Crippen LogP contribution in [0.1, 0.15) is 44.6 Å². The third-order valence-corrected chi connectivity index (χ3v) is 7.77. The first-order valence-corrected chi connectivity index (χ1v) is 14.1. The van der Waals surface area contributed by atoms with Crippen molar-refractivity contribution in [3.05, 3.63) is 99.4 Å². The van der Waals surface area contributed by atoms with E-state index < -0.39 is 0 Å².